The van der Waals surface area contributed by atoms with E-state index in [9.17, 15) is 28.0 Å². The van der Waals surface area contributed by atoms with Crippen LogP contribution < -0.4 is 21.8 Å². The molecule has 2 aliphatic heterocycles. The highest BCUT2D eigenvalue weighted by Crippen LogP contribution is 2.46. The number of benzene rings is 2. The predicted molar refractivity (Wildman–Crippen MR) is 303 cm³/mol. The molecule has 0 unspecified atom stereocenters. The molecule has 2 amide bonds. The first-order chi connectivity index (χ1) is 36.9. The van der Waals surface area contributed by atoms with Crippen LogP contribution in [0.3, 0.4) is 0 Å². The van der Waals surface area contributed by atoms with Gasteiger partial charge in [0.1, 0.15) is 0 Å². The number of fused-ring (bicyclic) bond motifs is 2. The number of halogens is 2. The summed E-state index contributed by atoms with van der Waals surface area (Å²) in [7, 11) is 1.81. The minimum atomic E-state index is -2.85. The van der Waals surface area contributed by atoms with Crippen molar-refractivity contribution in [3.63, 3.8) is 0 Å². The largest absolute Gasteiger partial charge is 0.381 e. The molecule has 4 fully saturated rings. The van der Waals surface area contributed by atoms with Gasteiger partial charge in [-0.05, 0) is 147 Å². The van der Waals surface area contributed by atoms with E-state index in [2.05, 4.69) is 67.8 Å². The number of likely N-dealkylation sites (tertiary alicyclic amines) is 1. The fourth-order valence-corrected chi connectivity index (χ4v) is 15.1. The van der Waals surface area contributed by atoms with Crippen LogP contribution in [0.2, 0.25) is 0 Å². The molecule has 2 aromatic carbocycles. The number of alkyl halides is 2. The molecule has 4 N–H and O–H groups in total. The Bertz CT molecular complexity index is 3310. The molecule has 0 radical (unpaired) electrons. The number of nitrogens with one attached hydrogen (secondary N) is 4. The Labute approximate surface area is 458 Å². The lowest BCUT2D eigenvalue weighted by atomic mass is 9.76. The van der Waals surface area contributed by atoms with Crippen LogP contribution in [0.4, 0.5) is 8.78 Å². The van der Waals surface area contributed by atoms with Gasteiger partial charge < -0.3 is 38.8 Å². The van der Waals surface area contributed by atoms with Gasteiger partial charge in [0.15, 0.2) is 0 Å². The Morgan fingerprint density at radius 1 is 0.792 bits per heavy atom. The van der Waals surface area contributed by atoms with Gasteiger partial charge in [0.2, 0.25) is 5.91 Å². The number of aryl methyl sites for hydroxylation is 2. The third kappa shape index (κ3) is 10.7. The number of nitrogens with zero attached hydrogens (tertiary/aromatic N) is 3. The number of carbonyl (C=O) groups is 2. The Hall–Kier alpha value is -5.20. The van der Waals surface area contributed by atoms with E-state index in [-0.39, 0.29) is 72.5 Å². The normalized spacial score (nSPS) is 22.1. The number of aromatic nitrogens is 4. The lowest BCUT2D eigenvalue weighted by Gasteiger charge is -2.43. The van der Waals surface area contributed by atoms with Crippen molar-refractivity contribution in [2.75, 3.05) is 45.9 Å². The Morgan fingerprint density at radius 2 is 1.43 bits per heavy atom. The molecular formula is C60H75F2N7O6S2. The van der Waals surface area contributed by atoms with Gasteiger partial charge in [-0.3, -0.25) is 24.5 Å². The van der Waals surface area contributed by atoms with E-state index in [1.807, 2.05) is 70.7 Å². The van der Waals surface area contributed by atoms with Crippen LogP contribution in [0.5, 0.6) is 0 Å². The van der Waals surface area contributed by atoms with Crippen molar-refractivity contribution in [1.82, 2.24) is 34.6 Å². The number of methoxy groups -OCH3 is 1. The second-order valence-corrected chi connectivity index (χ2v) is 24.3. The van der Waals surface area contributed by atoms with E-state index in [1.165, 1.54) is 27.9 Å². The molecule has 2 atom stereocenters. The summed E-state index contributed by atoms with van der Waals surface area (Å²) in [5, 5.41) is 8.96. The summed E-state index contributed by atoms with van der Waals surface area (Å²) in [5.41, 5.74) is 8.87. The van der Waals surface area contributed by atoms with Crippen LogP contribution in [0.15, 0.2) is 74.0 Å². The minimum absolute atomic E-state index is 0.0628. The molecule has 77 heavy (non-hydrogen) atoms. The van der Waals surface area contributed by atoms with Gasteiger partial charge in [-0.1, -0.05) is 30.3 Å². The van der Waals surface area contributed by atoms with E-state index in [0.717, 1.165) is 79.9 Å². The number of pyridine rings is 2. The number of H-pyrrole nitrogens is 2. The van der Waals surface area contributed by atoms with Crippen molar-refractivity contribution in [3.05, 3.63) is 126 Å². The third-order valence-corrected chi connectivity index (χ3v) is 19.5. The average molecular weight is 1090 g/mol. The number of aromatic amines is 2. The standard InChI is InChI=1S/C60H75F2N7O6S2/c1-34-25-51(76-7)46(55(70)65-34)29-63-57(72)53-37(4)69(48-12-10-9-11-44(48)53)49(41-14-16-42(17-15-41)58(73)67-24-23-60(61,62)31-67)27-39-13-22-45-50(28-39)68(36(3)40-18-20-43(74-6)21-19-40)38(5)54(45)59(32-75-33-59)64-30-47-52(77-8)26-35(2)66-56(47)71/h9-13,22,25-26,28,36,40-43,49,64H,14-21,23-24,27,29-33H2,1-8H3,(H,63,72)(H,65,70)(H,66,71)/t36-,40?,41?,42?,43?,49-/m1/s1. The molecule has 13 nitrogen and oxygen atoms in total. The van der Waals surface area contributed by atoms with Crippen molar-refractivity contribution < 1.29 is 27.8 Å². The van der Waals surface area contributed by atoms with E-state index in [1.54, 1.807) is 11.8 Å². The summed E-state index contributed by atoms with van der Waals surface area (Å²) in [6.45, 7) is 11.3. The number of ether oxygens (including phenoxy) is 2. The summed E-state index contributed by atoms with van der Waals surface area (Å²) in [6.07, 6.45) is 11.3. The number of hydrogen-bond donors (Lipinski definition) is 4. The molecule has 6 aromatic rings. The number of carbonyl (C=O) groups excluding carboxylic acids is 2. The zero-order chi connectivity index (χ0) is 54.5. The molecule has 2 saturated carbocycles. The first-order valence-corrected chi connectivity index (χ1v) is 30.0. The smallest absolute Gasteiger partial charge is 0.267 e. The molecule has 0 spiro atoms. The summed E-state index contributed by atoms with van der Waals surface area (Å²) in [5.74, 6) is -3.10. The molecule has 412 valence electrons. The van der Waals surface area contributed by atoms with Gasteiger partial charge >= 0.3 is 0 Å². The van der Waals surface area contributed by atoms with E-state index in [4.69, 9.17) is 9.47 Å². The van der Waals surface area contributed by atoms with Crippen molar-refractivity contribution in [3.8, 4) is 0 Å². The topological polar surface area (TPSA) is 155 Å². The van der Waals surface area contributed by atoms with Gasteiger partial charge in [0, 0.05) is 122 Å². The maximum Gasteiger partial charge on any atom is 0.267 e. The van der Waals surface area contributed by atoms with E-state index >= 15 is 0 Å². The fourth-order valence-electron chi connectivity index (χ4n) is 13.7. The number of para-hydroxylation sites is 1. The molecule has 10 rings (SSSR count). The van der Waals surface area contributed by atoms with Gasteiger partial charge in [0.25, 0.3) is 22.9 Å². The maximum absolute atomic E-state index is 14.7. The van der Waals surface area contributed by atoms with E-state index in [0.29, 0.717) is 74.5 Å². The molecular weight excluding hydrogens is 1020 g/mol. The number of thioether (sulfide) groups is 2. The predicted octanol–water partition coefficient (Wildman–Crippen LogP) is 10.8. The van der Waals surface area contributed by atoms with Crippen molar-refractivity contribution in [1.29, 1.82) is 0 Å². The summed E-state index contributed by atoms with van der Waals surface area (Å²) >= 11 is 3.05. The Morgan fingerprint density at radius 3 is 2.03 bits per heavy atom. The van der Waals surface area contributed by atoms with Crippen molar-refractivity contribution in [2.24, 2.45) is 17.8 Å². The average Bonchev–Trinajstić information content (AvgIpc) is 4.04. The van der Waals surface area contributed by atoms with Crippen LogP contribution in [0.25, 0.3) is 21.8 Å². The fraction of sp³-hybridized carbons (Fsp3) is 0.533. The molecule has 0 bridgehead atoms. The van der Waals surface area contributed by atoms with Crippen LogP contribution in [0.1, 0.15) is 132 Å². The highest BCUT2D eigenvalue weighted by Gasteiger charge is 2.46. The third-order valence-electron chi connectivity index (χ3n) is 17.9. The van der Waals surface area contributed by atoms with Crippen molar-refractivity contribution >= 4 is 57.1 Å². The van der Waals surface area contributed by atoms with Gasteiger partial charge in [0.05, 0.1) is 37.0 Å². The molecule has 4 aromatic heterocycles. The minimum Gasteiger partial charge on any atom is -0.381 e. The number of amides is 2. The number of hydrogen-bond acceptors (Lipinski definition) is 9. The molecule has 6 heterocycles. The van der Waals surface area contributed by atoms with Crippen LogP contribution in [-0.2, 0) is 39.3 Å². The number of rotatable bonds is 17. The second kappa shape index (κ2) is 22.5. The highest BCUT2D eigenvalue weighted by molar-refractivity contribution is 7.98. The van der Waals surface area contributed by atoms with Crippen LogP contribution in [-0.4, -0.2) is 93.8 Å². The van der Waals surface area contributed by atoms with Crippen LogP contribution in [0, 0.1) is 45.4 Å². The molecule has 17 heteroatoms. The summed E-state index contributed by atoms with van der Waals surface area (Å²) < 4.78 is 45.6. The van der Waals surface area contributed by atoms with Gasteiger partial charge in [-0.15, -0.1) is 23.5 Å². The highest BCUT2D eigenvalue weighted by atomic mass is 32.2. The SMILES string of the molecule is COC1CCC([C@@H](C)n2c(C)c(C3(NCc4c(SC)cc(C)[nH]c4=O)COC3)c3ccc(C[C@H](C4CCC(C(=O)N5CCC(F)(F)C5)CC4)n4c(C)c(C(=O)NCc5c(SC)cc(C)[nH]c5=O)c5ccccc54)cc32)CC1. The zero-order valence-electron chi connectivity index (χ0n) is 45.8. The first kappa shape index (κ1) is 55.1. The second-order valence-electron chi connectivity index (χ2n) is 22.6. The summed E-state index contributed by atoms with van der Waals surface area (Å²) in [4.78, 5) is 64.2. The lowest BCUT2D eigenvalue weighted by molar-refractivity contribution is -0.137. The van der Waals surface area contributed by atoms with E-state index < -0.39 is 18.0 Å². The first-order valence-electron chi connectivity index (χ1n) is 27.5. The monoisotopic (exact) mass is 1090 g/mol. The molecule has 2 saturated heterocycles. The van der Waals surface area contributed by atoms with Crippen molar-refractivity contribution in [2.45, 2.75) is 151 Å². The quantitative estimate of drug-likeness (QED) is 0.0653. The summed E-state index contributed by atoms with van der Waals surface area (Å²) in [6, 6.07) is 18.9. The Balaban J connectivity index is 1.05. The van der Waals surface area contributed by atoms with Gasteiger partial charge in [-0.2, -0.15) is 0 Å². The molecule has 4 aliphatic rings. The van der Waals surface area contributed by atoms with Crippen LogP contribution >= 0.6 is 23.5 Å². The zero-order valence-corrected chi connectivity index (χ0v) is 47.5. The Kier molecular flexibility index (Phi) is 16.1. The molecule has 2 aliphatic carbocycles. The lowest BCUT2D eigenvalue weighted by Crippen LogP contribution is -2.57. The van der Waals surface area contributed by atoms with Gasteiger partial charge in [-0.25, -0.2) is 8.78 Å². The maximum atomic E-state index is 14.7.